The molecule has 0 spiro atoms. The molecule has 24 heavy (non-hydrogen) atoms. The standard InChI is InChI=1S/C22H20N2/c1-23-17-18-24-22(19-11-5-2-6-12-19,20-13-7-3-8-14-20)21-15-9-4-10-16-21/h2-16,24H,17-18H2. The number of nitrogens with one attached hydrogen (secondary N) is 1. The van der Waals surface area contributed by atoms with Crippen molar-refractivity contribution >= 4 is 0 Å². The van der Waals surface area contributed by atoms with Gasteiger partial charge in [0.1, 0.15) is 0 Å². The van der Waals surface area contributed by atoms with Gasteiger partial charge in [0.25, 0.3) is 0 Å². The van der Waals surface area contributed by atoms with Gasteiger partial charge < -0.3 is 4.85 Å². The van der Waals surface area contributed by atoms with Gasteiger partial charge in [-0.15, -0.1) is 0 Å². The molecule has 0 heterocycles. The zero-order valence-electron chi connectivity index (χ0n) is 13.5. The Morgan fingerprint density at radius 1 is 0.667 bits per heavy atom. The fourth-order valence-corrected chi connectivity index (χ4v) is 3.17. The van der Waals surface area contributed by atoms with Crippen LogP contribution >= 0.6 is 0 Å². The lowest BCUT2D eigenvalue weighted by atomic mass is 9.77. The van der Waals surface area contributed by atoms with Crippen molar-refractivity contribution in [2.75, 3.05) is 13.1 Å². The molecule has 0 radical (unpaired) electrons. The van der Waals surface area contributed by atoms with Gasteiger partial charge in [0.2, 0.25) is 6.54 Å². The molecule has 0 unspecified atom stereocenters. The highest BCUT2D eigenvalue weighted by molar-refractivity contribution is 5.49. The summed E-state index contributed by atoms with van der Waals surface area (Å²) in [4.78, 5) is 3.51. The molecule has 0 aliphatic carbocycles. The molecule has 0 saturated heterocycles. The third-order valence-corrected chi connectivity index (χ3v) is 4.23. The number of rotatable bonds is 6. The third kappa shape index (κ3) is 3.08. The van der Waals surface area contributed by atoms with Crippen LogP contribution in [0.5, 0.6) is 0 Å². The van der Waals surface area contributed by atoms with E-state index in [0.717, 1.165) is 0 Å². The molecular formula is C22H20N2. The summed E-state index contributed by atoms with van der Waals surface area (Å²) in [5, 5.41) is 3.67. The van der Waals surface area contributed by atoms with E-state index >= 15 is 0 Å². The highest BCUT2D eigenvalue weighted by Gasteiger charge is 2.35. The summed E-state index contributed by atoms with van der Waals surface area (Å²) >= 11 is 0. The minimum absolute atomic E-state index is 0.453. The lowest BCUT2D eigenvalue weighted by Crippen LogP contribution is -2.45. The lowest BCUT2D eigenvalue weighted by Gasteiger charge is -2.36. The average molecular weight is 312 g/mol. The number of nitrogens with zero attached hydrogens (tertiary/aromatic N) is 1. The van der Waals surface area contributed by atoms with Gasteiger partial charge in [-0.3, -0.25) is 5.32 Å². The lowest BCUT2D eigenvalue weighted by molar-refractivity contribution is 0.485. The maximum atomic E-state index is 7.11. The van der Waals surface area contributed by atoms with Crippen molar-refractivity contribution in [3.8, 4) is 0 Å². The Kier molecular flexibility index (Phi) is 5.05. The average Bonchev–Trinajstić information content (AvgIpc) is 2.68. The van der Waals surface area contributed by atoms with Gasteiger partial charge in [-0.05, 0) is 16.7 Å². The summed E-state index contributed by atoms with van der Waals surface area (Å²) in [6.07, 6.45) is 0. The zero-order chi connectivity index (χ0) is 16.7. The van der Waals surface area contributed by atoms with Crippen LogP contribution < -0.4 is 5.32 Å². The Hall–Kier alpha value is -2.89. The monoisotopic (exact) mass is 312 g/mol. The van der Waals surface area contributed by atoms with Crippen molar-refractivity contribution in [1.82, 2.24) is 5.32 Å². The summed E-state index contributed by atoms with van der Waals surface area (Å²) in [6, 6.07) is 31.3. The Morgan fingerprint density at radius 2 is 1.04 bits per heavy atom. The molecule has 0 aliphatic heterocycles. The summed E-state index contributed by atoms with van der Waals surface area (Å²) in [6.45, 7) is 8.19. The predicted molar refractivity (Wildman–Crippen MR) is 98.7 cm³/mol. The molecule has 3 rings (SSSR count). The van der Waals surface area contributed by atoms with Crippen LogP contribution in [0.15, 0.2) is 91.0 Å². The van der Waals surface area contributed by atoms with Crippen molar-refractivity contribution in [1.29, 1.82) is 0 Å². The molecule has 0 aromatic heterocycles. The second kappa shape index (κ2) is 7.59. The van der Waals surface area contributed by atoms with Gasteiger partial charge in [-0.2, -0.15) is 0 Å². The fraction of sp³-hybridized carbons (Fsp3) is 0.136. The van der Waals surface area contributed by atoms with Gasteiger partial charge >= 0.3 is 0 Å². The fourth-order valence-electron chi connectivity index (χ4n) is 3.17. The van der Waals surface area contributed by atoms with E-state index < -0.39 is 5.54 Å². The summed E-state index contributed by atoms with van der Waals surface area (Å²) in [5.74, 6) is 0. The second-order valence-corrected chi connectivity index (χ2v) is 5.66. The molecule has 0 amide bonds. The summed E-state index contributed by atoms with van der Waals surface area (Å²) < 4.78 is 0. The molecule has 0 atom stereocenters. The first-order valence-corrected chi connectivity index (χ1v) is 8.13. The SMILES string of the molecule is [C-]#[N+]CCNC(c1ccccc1)(c1ccccc1)c1ccccc1. The third-order valence-electron chi connectivity index (χ3n) is 4.23. The zero-order valence-corrected chi connectivity index (χ0v) is 13.5. The van der Waals surface area contributed by atoms with E-state index in [1.165, 1.54) is 16.7 Å². The molecule has 2 nitrogen and oxygen atoms in total. The Bertz CT molecular complexity index is 693. The van der Waals surface area contributed by atoms with E-state index in [0.29, 0.717) is 13.1 Å². The van der Waals surface area contributed by atoms with Crippen LogP contribution in [-0.2, 0) is 5.54 Å². The summed E-state index contributed by atoms with van der Waals surface area (Å²) in [7, 11) is 0. The highest BCUT2D eigenvalue weighted by atomic mass is 15.0. The van der Waals surface area contributed by atoms with Crippen LogP contribution in [0, 0.1) is 6.57 Å². The van der Waals surface area contributed by atoms with Crippen LogP contribution in [0.4, 0.5) is 0 Å². The van der Waals surface area contributed by atoms with Crippen molar-refractivity contribution in [3.63, 3.8) is 0 Å². The van der Waals surface area contributed by atoms with Gasteiger partial charge in [-0.25, -0.2) is 6.57 Å². The molecule has 2 heteroatoms. The largest absolute Gasteiger partial charge is 0.316 e. The van der Waals surface area contributed by atoms with Crippen molar-refractivity contribution in [2.24, 2.45) is 0 Å². The van der Waals surface area contributed by atoms with E-state index in [9.17, 15) is 0 Å². The maximum absolute atomic E-state index is 7.11. The van der Waals surface area contributed by atoms with Crippen LogP contribution in [0.2, 0.25) is 0 Å². The smallest absolute Gasteiger partial charge is 0.227 e. The Morgan fingerprint density at radius 3 is 1.38 bits per heavy atom. The Labute approximate surface area is 143 Å². The molecule has 0 fully saturated rings. The molecule has 3 aromatic carbocycles. The predicted octanol–water partition coefficient (Wildman–Crippen LogP) is 4.49. The van der Waals surface area contributed by atoms with E-state index in [1.807, 2.05) is 18.2 Å². The van der Waals surface area contributed by atoms with E-state index in [2.05, 4.69) is 83.0 Å². The van der Waals surface area contributed by atoms with Crippen LogP contribution in [-0.4, -0.2) is 13.1 Å². The molecule has 0 saturated carbocycles. The van der Waals surface area contributed by atoms with Gasteiger partial charge in [0.15, 0.2) is 0 Å². The van der Waals surface area contributed by atoms with Gasteiger partial charge in [0.05, 0.1) is 12.1 Å². The quantitative estimate of drug-likeness (QED) is 0.403. The number of hydrogen-bond acceptors (Lipinski definition) is 1. The van der Waals surface area contributed by atoms with E-state index in [-0.39, 0.29) is 0 Å². The molecule has 3 aromatic rings. The molecule has 0 bridgehead atoms. The van der Waals surface area contributed by atoms with E-state index in [4.69, 9.17) is 6.57 Å². The van der Waals surface area contributed by atoms with Crippen LogP contribution in [0.3, 0.4) is 0 Å². The van der Waals surface area contributed by atoms with Crippen LogP contribution in [0.1, 0.15) is 16.7 Å². The maximum Gasteiger partial charge on any atom is 0.227 e. The first kappa shape index (κ1) is 16.0. The minimum atomic E-state index is -0.464. The van der Waals surface area contributed by atoms with Gasteiger partial charge in [-0.1, -0.05) is 91.0 Å². The molecule has 1 N–H and O–H groups in total. The topological polar surface area (TPSA) is 16.4 Å². The summed E-state index contributed by atoms with van der Waals surface area (Å²) in [5.41, 5.74) is 3.06. The second-order valence-electron chi connectivity index (χ2n) is 5.66. The van der Waals surface area contributed by atoms with Gasteiger partial charge in [0, 0.05) is 0 Å². The van der Waals surface area contributed by atoms with Crippen molar-refractivity contribution in [3.05, 3.63) is 119 Å². The molecule has 0 aliphatic rings. The minimum Gasteiger partial charge on any atom is -0.316 e. The van der Waals surface area contributed by atoms with Crippen molar-refractivity contribution < 1.29 is 0 Å². The normalized spacial score (nSPS) is 11.0. The number of hydrogen-bond donors (Lipinski definition) is 1. The van der Waals surface area contributed by atoms with E-state index in [1.54, 1.807) is 0 Å². The molecule has 118 valence electrons. The van der Waals surface area contributed by atoms with Crippen LogP contribution in [0.25, 0.3) is 4.85 Å². The first-order valence-electron chi connectivity index (χ1n) is 8.13. The highest BCUT2D eigenvalue weighted by Crippen LogP contribution is 2.36. The molecular weight excluding hydrogens is 292 g/mol. The number of benzene rings is 3. The van der Waals surface area contributed by atoms with Crippen molar-refractivity contribution in [2.45, 2.75) is 5.54 Å². The first-order chi connectivity index (χ1) is 11.9. The Balaban J connectivity index is 2.22.